The summed E-state index contributed by atoms with van der Waals surface area (Å²) in [6.45, 7) is 14.7. The molecular weight excluding hydrogens is 198 g/mol. The van der Waals surface area contributed by atoms with Crippen molar-refractivity contribution >= 4 is 0 Å². The molecule has 1 saturated heterocycles. The molecule has 1 fully saturated rings. The Balaban J connectivity index is 0.00000106. The first-order valence-electron chi connectivity index (χ1n) is 6.94. The second kappa shape index (κ2) is 11.4. The highest BCUT2D eigenvalue weighted by Gasteiger charge is 2.12. The van der Waals surface area contributed by atoms with E-state index in [9.17, 15) is 0 Å². The minimum atomic E-state index is 1.16. The Morgan fingerprint density at radius 2 is 1.62 bits per heavy atom. The zero-order chi connectivity index (χ0) is 12.2. The van der Waals surface area contributed by atoms with Gasteiger partial charge in [0, 0.05) is 39.3 Å². The van der Waals surface area contributed by atoms with Gasteiger partial charge in [-0.15, -0.1) is 0 Å². The van der Waals surface area contributed by atoms with E-state index in [-0.39, 0.29) is 0 Å². The van der Waals surface area contributed by atoms with E-state index in [1.54, 1.807) is 0 Å². The Labute approximate surface area is 102 Å². The van der Waals surface area contributed by atoms with Crippen molar-refractivity contribution in [3.63, 3.8) is 0 Å². The number of rotatable bonds is 6. The minimum absolute atomic E-state index is 1.16. The standard InChI is InChI=1S/C11H25N3.C2H6/c1-3-4-5-12-6-7-14-10-8-13(2)9-11-14;1-2/h12H,3-11H2,1-2H3;1-2H3. The molecule has 0 atom stereocenters. The fraction of sp³-hybridized carbons (Fsp3) is 1.00. The van der Waals surface area contributed by atoms with E-state index in [0.717, 1.165) is 6.54 Å². The van der Waals surface area contributed by atoms with Crippen LogP contribution in [0.2, 0.25) is 0 Å². The smallest absolute Gasteiger partial charge is 0.0110 e. The van der Waals surface area contributed by atoms with Gasteiger partial charge in [0.1, 0.15) is 0 Å². The van der Waals surface area contributed by atoms with Gasteiger partial charge in [-0.3, -0.25) is 4.90 Å². The van der Waals surface area contributed by atoms with Crippen LogP contribution in [-0.2, 0) is 0 Å². The van der Waals surface area contributed by atoms with Crippen LogP contribution in [0, 0.1) is 0 Å². The third-order valence-electron chi connectivity index (χ3n) is 2.91. The molecular formula is C13H31N3. The van der Waals surface area contributed by atoms with Gasteiger partial charge in [-0.05, 0) is 20.0 Å². The molecule has 1 aliphatic heterocycles. The summed E-state index contributed by atoms with van der Waals surface area (Å²) in [6, 6.07) is 0. The molecule has 0 aromatic heterocycles. The fourth-order valence-electron chi connectivity index (χ4n) is 1.74. The monoisotopic (exact) mass is 229 g/mol. The average molecular weight is 229 g/mol. The summed E-state index contributed by atoms with van der Waals surface area (Å²) in [6.07, 6.45) is 2.60. The van der Waals surface area contributed by atoms with E-state index in [1.807, 2.05) is 13.8 Å². The first-order chi connectivity index (χ1) is 7.83. The van der Waals surface area contributed by atoms with E-state index in [4.69, 9.17) is 0 Å². The number of hydrogen-bond acceptors (Lipinski definition) is 3. The van der Waals surface area contributed by atoms with E-state index >= 15 is 0 Å². The summed E-state index contributed by atoms with van der Waals surface area (Å²) in [4.78, 5) is 4.96. The maximum absolute atomic E-state index is 3.49. The number of likely N-dealkylation sites (N-methyl/N-ethyl adjacent to an activating group) is 1. The number of nitrogens with one attached hydrogen (secondary N) is 1. The van der Waals surface area contributed by atoms with Crippen LogP contribution < -0.4 is 5.32 Å². The number of nitrogens with zero attached hydrogens (tertiary/aromatic N) is 2. The lowest BCUT2D eigenvalue weighted by molar-refractivity contribution is 0.155. The molecule has 1 N–H and O–H groups in total. The summed E-state index contributed by atoms with van der Waals surface area (Å²) >= 11 is 0. The van der Waals surface area contributed by atoms with Gasteiger partial charge in [0.05, 0.1) is 0 Å². The molecule has 16 heavy (non-hydrogen) atoms. The largest absolute Gasteiger partial charge is 0.315 e. The lowest BCUT2D eigenvalue weighted by atomic mass is 10.3. The van der Waals surface area contributed by atoms with Crippen LogP contribution in [0.3, 0.4) is 0 Å². The van der Waals surface area contributed by atoms with Gasteiger partial charge in [0.15, 0.2) is 0 Å². The summed E-state index contributed by atoms with van der Waals surface area (Å²) in [5.74, 6) is 0. The van der Waals surface area contributed by atoms with Crippen LogP contribution in [0.5, 0.6) is 0 Å². The van der Waals surface area contributed by atoms with Crippen molar-refractivity contribution in [1.82, 2.24) is 15.1 Å². The van der Waals surface area contributed by atoms with Crippen LogP contribution in [0.15, 0.2) is 0 Å². The average Bonchev–Trinajstić information content (AvgIpc) is 2.34. The van der Waals surface area contributed by atoms with Crippen molar-refractivity contribution in [3.8, 4) is 0 Å². The van der Waals surface area contributed by atoms with Crippen LogP contribution in [0.4, 0.5) is 0 Å². The van der Waals surface area contributed by atoms with Crippen molar-refractivity contribution < 1.29 is 0 Å². The zero-order valence-corrected chi connectivity index (χ0v) is 11.8. The predicted octanol–water partition coefficient (Wildman–Crippen LogP) is 1.65. The van der Waals surface area contributed by atoms with E-state index in [2.05, 4.69) is 29.1 Å². The molecule has 98 valence electrons. The molecule has 0 saturated carbocycles. The number of hydrogen-bond donors (Lipinski definition) is 1. The summed E-state index contributed by atoms with van der Waals surface area (Å²) in [7, 11) is 2.21. The number of unbranched alkanes of at least 4 members (excludes halogenated alkanes) is 1. The topological polar surface area (TPSA) is 18.5 Å². The van der Waals surface area contributed by atoms with Gasteiger partial charge < -0.3 is 10.2 Å². The molecule has 0 aliphatic carbocycles. The van der Waals surface area contributed by atoms with Crippen molar-refractivity contribution in [2.75, 3.05) is 52.9 Å². The Kier molecular flexibility index (Phi) is 11.3. The van der Waals surface area contributed by atoms with Gasteiger partial charge in [-0.2, -0.15) is 0 Å². The molecule has 0 aromatic carbocycles. The van der Waals surface area contributed by atoms with Gasteiger partial charge >= 0.3 is 0 Å². The van der Waals surface area contributed by atoms with Gasteiger partial charge in [0.2, 0.25) is 0 Å². The minimum Gasteiger partial charge on any atom is -0.315 e. The maximum Gasteiger partial charge on any atom is 0.0110 e. The van der Waals surface area contributed by atoms with Crippen LogP contribution >= 0.6 is 0 Å². The predicted molar refractivity (Wildman–Crippen MR) is 73.1 cm³/mol. The summed E-state index contributed by atoms with van der Waals surface area (Å²) in [5, 5.41) is 3.49. The highest BCUT2D eigenvalue weighted by atomic mass is 15.2. The highest BCUT2D eigenvalue weighted by Crippen LogP contribution is 1.97. The second-order valence-corrected chi connectivity index (χ2v) is 4.25. The van der Waals surface area contributed by atoms with Crippen LogP contribution in [0.25, 0.3) is 0 Å². The first kappa shape index (κ1) is 15.9. The summed E-state index contributed by atoms with van der Waals surface area (Å²) < 4.78 is 0. The SMILES string of the molecule is CC.CCCCNCCN1CCN(C)CC1. The summed E-state index contributed by atoms with van der Waals surface area (Å²) in [5.41, 5.74) is 0. The van der Waals surface area contributed by atoms with Crippen molar-refractivity contribution in [2.45, 2.75) is 33.6 Å². The Bertz CT molecular complexity index is 131. The Morgan fingerprint density at radius 1 is 1.00 bits per heavy atom. The Morgan fingerprint density at radius 3 is 2.19 bits per heavy atom. The van der Waals surface area contributed by atoms with Gasteiger partial charge in [-0.1, -0.05) is 27.2 Å². The molecule has 0 spiro atoms. The highest BCUT2D eigenvalue weighted by molar-refractivity contribution is 4.69. The fourth-order valence-corrected chi connectivity index (χ4v) is 1.74. The lowest BCUT2D eigenvalue weighted by Gasteiger charge is -2.32. The van der Waals surface area contributed by atoms with E-state index in [1.165, 1.54) is 52.1 Å². The molecule has 3 heteroatoms. The van der Waals surface area contributed by atoms with Crippen LogP contribution in [0.1, 0.15) is 33.6 Å². The second-order valence-electron chi connectivity index (χ2n) is 4.25. The van der Waals surface area contributed by atoms with Crippen molar-refractivity contribution in [3.05, 3.63) is 0 Å². The molecule has 0 aromatic rings. The molecule has 1 aliphatic rings. The third-order valence-corrected chi connectivity index (χ3v) is 2.91. The van der Waals surface area contributed by atoms with Crippen molar-refractivity contribution in [1.29, 1.82) is 0 Å². The first-order valence-corrected chi connectivity index (χ1v) is 6.94. The third kappa shape index (κ3) is 8.08. The zero-order valence-electron chi connectivity index (χ0n) is 11.8. The Hall–Kier alpha value is -0.120. The van der Waals surface area contributed by atoms with Gasteiger partial charge in [0.25, 0.3) is 0 Å². The molecule has 1 heterocycles. The molecule has 3 nitrogen and oxygen atoms in total. The number of piperazine rings is 1. The maximum atomic E-state index is 3.49. The van der Waals surface area contributed by atoms with Crippen molar-refractivity contribution in [2.24, 2.45) is 0 Å². The van der Waals surface area contributed by atoms with Gasteiger partial charge in [-0.25, -0.2) is 0 Å². The molecule has 0 amide bonds. The van der Waals surface area contributed by atoms with E-state index in [0.29, 0.717) is 0 Å². The normalized spacial score (nSPS) is 18.0. The molecule has 0 bridgehead atoms. The quantitative estimate of drug-likeness (QED) is 0.699. The van der Waals surface area contributed by atoms with E-state index < -0.39 is 0 Å². The molecule has 0 unspecified atom stereocenters. The lowest BCUT2D eigenvalue weighted by Crippen LogP contribution is -2.46. The molecule has 1 rings (SSSR count). The molecule has 0 radical (unpaired) electrons. The van der Waals surface area contributed by atoms with Crippen LogP contribution in [-0.4, -0.2) is 62.7 Å².